The van der Waals surface area contributed by atoms with Gasteiger partial charge in [0.1, 0.15) is 0 Å². The Balaban J connectivity index is 1.55. The fourth-order valence-corrected chi connectivity index (χ4v) is 4.96. The minimum absolute atomic E-state index is 0.00822. The van der Waals surface area contributed by atoms with Crippen molar-refractivity contribution in [2.75, 3.05) is 5.32 Å². The second-order valence-electron chi connectivity index (χ2n) is 10.8. The van der Waals surface area contributed by atoms with Crippen LogP contribution in [0.5, 0.6) is 0 Å². The highest BCUT2D eigenvalue weighted by molar-refractivity contribution is 6.03. The number of nitrogens with one attached hydrogen (secondary N) is 2. The summed E-state index contributed by atoms with van der Waals surface area (Å²) in [6.45, 7) is 6.84. The van der Waals surface area contributed by atoms with E-state index in [4.69, 9.17) is 0 Å². The number of hydrogen-bond acceptors (Lipinski definition) is 5. The standard InChI is InChI=1S/C27H31F3N6O2/c1-26(2,3)20-11-13-22(14-12-20)36(24(38)19-5-4-6-21(15-19)27(28,29)30)16-17-7-9-18(10-8-17)23(37)31-25-32-34-35-33-25/h4-10,15,20,22H,11-14,16H2,1-3H3,(H2,31,32,33,34,35,37). The molecule has 11 heteroatoms. The van der Waals surface area contributed by atoms with Crippen molar-refractivity contribution in [3.05, 3.63) is 70.8 Å². The first-order valence-corrected chi connectivity index (χ1v) is 12.5. The number of rotatable bonds is 6. The minimum Gasteiger partial charge on any atom is -0.331 e. The lowest BCUT2D eigenvalue weighted by Gasteiger charge is -2.41. The third kappa shape index (κ3) is 6.56. The molecule has 4 rings (SSSR count). The van der Waals surface area contributed by atoms with E-state index < -0.39 is 23.6 Å². The summed E-state index contributed by atoms with van der Waals surface area (Å²) in [6, 6.07) is 11.2. The molecule has 0 aliphatic heterocycles. The van der Waals surface area contributed by atoms with Crippen LogP contribution in [0.25, 0.3) is 0 Å². The van der Waals surface area contributed by atoms with Gasteiger partial charge in [-0.05, 0) is 78.1 Å². The molecule has 1 aromatic heterocycles. The maximum atomic E-state index is 13.6. The Hall–Kier alpha value is -3.76. The van der Waals surface area contributed by atoms with Crippen LogP contribution in [0.3, 0.4) is 0 Å². The highest BCUT2D eigenvalue weighted by Crippen LogP contribution is 2.40. The largest absolute Gasteiger partial charge is 0.416 e. The van der Waals surface area contributed by atoms with E-state index in [0.29, 0.717) is 11.5 Å². The molecule has 0 unspecified atom stereocenters. The molecule has 2 aromatic carbocycles. The Morgan fingerprint density at radius 3 is 2.26 bits per heavy atom. The zero-order valence-corrected chi connectivity index (χ0v) is 21.5. The molecule has 1 aliphatic carbocycles. The molecular weight excluding hydrogens is 497 g/mol. The van der Waals surface area contributed by atoms with Gasteiger partial charge in [-0.1, -0.05) is 44.1 Å². The Kier molecular flexibility index (Phi) is 7.84. The van der Waals surface area contributed by atoms with E-state index in [-0.39, 0.29) is 29.5 Å². The Labute approximate surface area is 219 Å². The molecule has 1 aliphatic rings. The van der Waals surface area contributed by atoms with Gasteiger partial charge in [-0.2, -0.15) is 18.4 Å². The van der Waals surface area contributed by atoms with Gasteiger partial charge in [0.05, 0.1) is 5.56 Å². The third-order valence-corrected chi connectivity index (χ3v) is 7.20. The van der Waals surface area contributed by atoms with Crippen LogP contribution in [0, 0.1) is 11.3 Å². The lowest BCUT2D eigenvalue weighted by atomic mass is 9.71. The van der Waals surface area contributed by atoms with Crippen molar-refractivity contribution in [2.24, 2.45) is 11.3 Å². The predicted octanol–water partition coefficient (Wildman–Crippen LogP) is 5.72. The van der Waals surface area contributed by atoms with Crippen LogP contribution in [0.15, 0.2) is 48.5 Å². The number of nitrogens with zero attached hydrogens (tertiary/aromatic N) is 4. The quantitative estimate of drug-likeness (QED) is 0.426. The highest BCUT2D eigenvalue weighted by Gasteiger charge is 2.35. The van der Waals surface area contributed by atoms with Crippen molar-refractivity contribution in [3.63, 3.8) is 0 Å². The number of H-pyrrole nitrogens is 1. The van der Waals surface area contributed by atoms with Gasteiger partial charge in [0, 0.05) is 23.7 Å². The zero-order chi connectivity index (χ0) is 27.5. The summed E-state index contributed by atoms with van der Waals surface area (Å²) in [6.07, 6.45) is -1.11. The molecule has 2 amide bonds. The average molecular weight is 529 g/mol. The number of carbonyl (C=O) groups is 2. The number of hydrogen-bond donors (Lipinski definition) is 2. The summed E-state index contributed by atoms with van der Waals surface area (Å²) in [4.78, 5) is 27.7. The molecule has 202 valence electrons. The van der Waals surface area contributed by atoms with Gasteiger partial charge in [0.25, 0.3) is 17.8 Å². The number of halogens is 3. The number of aromatic nitrogens is 4. The maximum absolute atomic E-state index is 13.6. The lowest BCUT2D eigenvalue weighted by Crippen LogP contribution is -2.43. The van der Waals surface area contributed by atoms with Crippen molar-refractivity contribution < 1.29 is 22.8 Å². The Morgan fingerprint density at radius 1 is 1.00 bits per heavy atom. The molecule has 1 heterocycles. The number of tetrazole rings is 1. The van der Waals surface area contributed by atoms with Gasteiger partial charge in [0.15, 0.2) is 0 Å². The smallest absolute Gasteiger partial charge is 0.331 e. The summed E-state index contributed by atoms with van der Waals surface area (Å²) >= 11 is 0. The number of carbonyl (C=O) groups excluding carboxylic acids is 2. The minimum atomic E-state index is -4.54. The topological polar surface area (TPSA) is 104 Å². The molecule has 3 aromatic rings. The fraction of sp³-hybridized carbons (Fsp3) is 0.444. The normalized spacial score (nSPS) is 18.2. The average Bonchev–Trinajstić information content (AvgIpc) is 3.39. The van der Waals surface area contributed by atoms with Gasteiger partial charge in [-0.25, -0.2) is 0 Å². The van der Waals surface area contributed by atoms with Crippen molar-refractivity contribution in [2.45, 2.75) is 65.2 Å². The van der Waals surface area contributed by atoms with Crippen LogP contribution in [0.4, 0.5) is 19.1 Å². The number of aromatic amines is 1. The molecule has 0 spiro atoms. The Bertz CT molecular complexity index is 1250. The van der Waals surface area contributed by atoms with E-state index in [1.165, 1.54) is 12.1 Å². The van der Waals surface area contributed by atoms with Crippen molar-refractivity contribution >= 4 is 17.8 Å². The molecular formula is C27H31F3N6O2. The van der Waals surface area contributed by atoms with E-state index in [0.717, 1.165) is 43.4 Å². The van der Waals surface area contributed by atoms with Gasteiger partial charge < -0.3 is 4.90 Å². The fourth-order valence-electron chi connectivity index (χ4n) is 4.96. The summed E-state index contributed by atoms with van der Waals surface area (Å²) in [5.74, 6) is -0.298. The van der Waals surface area contributed by atoms with E-state index >= 15 is 0 Å². The summed E-state index contributed by atoms with van der Waals surface area (Å²) in [5.41, 5.74) is 0.434. The molecule has 1 saturated carbocycles. The first kappa shape index (κ1) is 27.3. The zero-order valence-electron chi connectivity index (χ0n) is 21.5. The number of amides is 2. The Morgan fingerprint density at radius 2 is 1.68 bits per heavy atom. The van der Waals surface area contributed by atoms with E-state index in [1.807, 2.05) is 0 Å². The maximum Gasteiger partial charge on any atom is 0.416 e. The van der Waals surface area contributed by atoms with Crippen molar-refractivity contribution in [1.82, 2.24) is 25.5 Å². The summed E-state index contributed by atoms with van der Waals surface area (Å²) < 4.78 is 40.0. The van der Waals surface area contributed by atoms with Gasteiger partial charge in [-0.3, -0.25) is 14.9 Å². The van der Waals surface area contributed by atoms with Crippen LogP contribution in [0.2, 0.25) is 0 Å². The second-order valence-corrected chi connectivity index (χ2v) is 10.8. The molecule has 2 N–H and O–H groups in total. The lowest BCUT2D eigenvalue weighted by molar-refractivity contribution is -0.137. The molecule has 0 bridgehead atoms. The summed E-state index contributed by atoms with van der Waals surface area (Å²) in [7, 11) is 0. The highest BCUT2D eigenvalue weighted by atomic mass is 19.4. The van der Waals surface area contributed by atoms with E-state index in [1.54, 1.807) is 29.2 Å². The monoisotopic (exact) mass is 528 g/mol. The van der Waals surface area contributed by atoms with Gasteiger partial charge >= 0.3 is 6.18 Å². The SMILES string of the molecule is CC(C)(C)C1CCC(N(Cc2ccc(C(=O)Nc3nn[nH]n3)cc2)C(=O)c2cccc(C(F)(F)F)c2)CC1. The van der Waals surface area contributed by atoms with Gasteiger partial charge in [0.2, 0.25) is 0 Å². The predicted molar refractivity (Wildman–Crippen MR) is 135 cm³/mol. The number of benzene rings is 2. The molecule has 8 nitrogen and oxygen atoms in total. The molecule has 0 radical (unpaired) electrons. The third-order valence-electron chi connectivity index (χ3n) is 7.20. The van der Waals surface area contributed by atoms with Crippen molar-refractivity contribution in [3.8, 4) is 0 Å². The van der Waals surface area contributed by atoms with Crippen LogP contribution in [-0.4, -0.2) is 43.4 Å². The summed E-state index contributed by atoms with van der Waals surface area (Å²) in [5, 5.41) is 15.5. The van der Waals surface area contributed by atoms with Gasteiger partial charge in [-0.15, -0.1) is 5.10 Å². The second kappa shape index (κ2) is 10.9. The first-order chi connectivity index (χ1) is 17.9. The first-order valence-electron chi connectivity index (χ1n) is 12.5. The van der Waals surface area contributed by atoms with Crippen molar-refractivity contribution in [1.29, 1.82) is 0 Å². The van der Waals surface area contributed by atoms with Crippen LogP contribution >= 0.6 is 0 Å². The van der Waals surface area contributed by atoms with E-state index in [9.17, 15) is 22.8 Å². The molecule has 0 atom stereocenters. The molecule has 0 saturated heterocycles. The van der Waals surface area contributed by atoms with Crippen LogP contribution in [0.1, 0.15) is 78.3 Å². The van der Waals surface area contributed by atoms with Crippen LogP contribution < -0.4 is 5.32 Å². The number of alkyl halides is 3. The van der Waals surface area contributed by atoms with Crippen LogP contribution in [-0.2, 0) is 12.7 Å². The number of anilines is 1. The molecule has 1 fully saturated rings. The molecule has 38 heavy (non-hydrogen) atoms. The van der Waals surface area contributed by atoms with E-state index in [2.05, 4.69) is 46.7 Å².